The standard InChI is InChI=1S/C19H21N5O3S2/c1-13-10-17(24(22-13)16-6-9-29(26,27)12-16)21-18(25)14-4-3-5-15(11-14)23-8-7-20-19(23)28-2/h3-5,7-8,10-11,16H,6,9,12H2,1-2H3,(H,21,25). The van der Waals surface area contributed by atoms with Gasteiger partial charge in [-0.05, 0) is 37.8 Å². The number of carbonyl (C=O) groups excluding carboxylic acids is 1. The molecule has 0 spiro atoms. The monoisotopic (exact) mass is 431 g/mol. The summed E-state index contributed by atoms with van der Waals surface area (Å²) in [5, 5.41) is 8.13. The van der Waals surface area contributed by atoms with Gasteiger partial charge in [0.05, 0.1) is 23.2 Å². The minimum Gasteiger partial charge on any atom is -0.307 e. The van der Waals surface area contributed by atoms with Gasteiger partial charge in [-0.3, -0.25) is 9.36 Å². The zero-order chi connectivity index (χ0) is 20.6. The second-order valence-corrected chi connectivity index (χ2v) is 9.96. The first-order chi connectivity index (χ1) is 13.9. The highest BCUT2D eigenvalue weighted by atomic mass is 32.2. The van der Waals surface area contributed by atoms with E-state index in [1.54, 1.807) is 29.1 Å². The lowest BCUT2D eigenvalue weighted by atomic mass is 10.2. The van der Waals surface area contributed by atoms with Crippen LogP contribution in [0.5, 0.6) is 0 Å². The smallest absolute Gasteiger partial charge is 0.256 e. The maximum absolute atomic E-state index is 12.9. The Morgan fingerprint density at radius 3 is 2.86 bits per heavy atom. The van der Waals surface area contributed by atoms with Crippen LogP contribution in [-0.2, 0) is 9.84 Å². The highest BCUT2D eigenvalue weighted by Crippen LogP contribution is 2.27. The van der Waals surface area contributed by atoms with Crippen LogP contribution in [0.25, 0.3) is 5.69 Å². The van der Waals surface area contributed by atoms with E-state index >= 15 is 0 Å². The van der Waals surface area contributed by atoms with Gasteiger partial charge in [0.2, 0.25) is 0 Å². The Morgan fingerprint density at radius 1 is 1.31 bits per heavy atom. The molecule has 1 aliphatic rings. The number of hydrogen-bond donors (Lipinski definition) is 1. The fraction of sp³-hybridized carbons (Fsp3) is 0.316. The SMILES string of the molecule is CSc1nccn1-c1cccc(C(=O)Nc2cc(C)nn2C2CCS(=O)(=O)C2)c1. The molecule has 2 aromatic heterocycles. The van der Waals surface area contributed by atoms with Gasteiger partial charge in [0.15, 0.2) is 15.0 Å². The molecule has 1 fully saturated rings. The van der Waals surface area contributed by atoms with E-state index in [1.807, 2.05) is 36.1 Å². The van der Waals surface area contributed by atoms with Crippen molar-refractivity contribution in [2.24, 2.45) is 0 Å². The molecule has 1 N–H and O–H groups in total. The maximum atomic E-state index is 12.9. The molecule has 3 heterocycles. The predicted molar refractivity (Wildman–Crippen MR) is 113 cm³/mol. The van der Waals surface area contributed by atoms with E-state index in [9.17, 15) is 13.2 Å². The summed E-state index contributed by atoms with van der Waals surface area (Å²) in [5.74, 6) is 0.423. The number of aryl methyl sites for hydroxylation is 1. The molecule has 29 heavy (non-hydrogen) atoms. The van der Waals surface area contributed by atoms with Crippen LogP contribution < -0.4 is 5.32 Å². The molecule has 1 unspecified atom stereocenters. The first-order valence-corrected chi connectivity index (χ1v) is 12.2. The lowest BCUT2D eigenvalue weighted by Gasteiger charge is -2.14. The van der Waals surface area contributed by atoms with Crippen molar-refractivity contribution in [3.8, 4) is 5.69 Å². The molecule has 1 atom stereocenters. The minimum atomic E-state index is -3.05. The molecule has 0 saturated carbocycles. The van der Waals surface area contributed by atoms with Crippen LogP contribution >= 0.6 is 11.8 Å². The summed E-state index contributed by atoms with van der Waals surface area (Å²) < 4.78 is 27.2. The third kappa shape index (κ3) is 4.08. The van der Waals surface area contributed by atoms with E-state index in [4.69, 9.17) is 0 Å². The van der Waals surface area contributed by atoms with Gasteiger partial charge < -0.3 is 5.32 Å². The van der Waals surface area contributed by atoms with Gasteiger partial charge in [-0.15, -0.1) is 0 Å². The number of thioether (sulfide) groups is 1. The quantitative estimate of drug-likeness (QED) is 0.624. The molecule has 0 bridgehead atoms. The van der Waals surface area contributed by atoms with Crippen molar-refractivity contribution in [3.05, 3.63) is 54.0 Å². The van der Waals surface area contributed by atoms with Gasteiger partial charge in [-0.2, -0.15) is 5.10 Å². The van der Waals surface area contributed by atoms with Crippen molar-refractivity contribution < 1.29 is 13.2 Å². The Bertz CT molecular complexity index is 1170. The Hall–Kier alpha value is -2.59. The highest BCUT2D eigenvalue weighted by molar-refractivity contribution is 7.98. The molecule has 152 valence electrons. The number of sulfone groups is 1. The predicted octanol–water partition coefficient (Wildman–Crippen LogP) is 2.71. The third-order valence-corrected chi connectivity index (χ3v) is 7.25. The van der Waals surface area contributed by atoms with Crippen molar-refractivity contribution in [2.45, 2.75) is 24.5 Å². The van der Waals surface area contributed by atoms with Crippen LogP contribution in [0.1, 0.15) is 28.5 Å². The number of rotatable bonds is 5. The van der Waals surface area contributed by atoms with Crippen LogP contribution in [0.15, 0.2) is 47.9 Å². The number of carbonyl (C=O) groups is 1. The topological polar surface area (TPSA) is 98.9 Å². The van der Waals surface area contributed by atoms with Crippen molar-refractivity contribution in [1.82, 2.24) is 19.3 Å². The molecule has 1 aromatic carbocycles. The molecule has 8 nitrogen and oxygen atoms in total. The van der Waals surface area contributed by atoms with E-state index in [2.05, 4.69) is 15.4 Å². The van der Waals surface area contributed by atoms with Gasteiger partial charge in [0.25, 0.3) is 5.91 Å². The molecule has 0 aliphatic carbocycles. The number of imidazole rings is 1. The largest absolute Gasteiger partial charge is 0.307 e. The minimum absolute atomic E-state index is 0.0462. The van der Waals surface area contributed by atoms with Gasteiger partial charge >= 0.3 is 0 Å². The molecule has 10 heteroatoms. The second kappa shape index (κ2) is 7.68. The molecule has 1 amide bonds. The maximum Gasteiger partial charge on any atom is 0.256 e. The fourth-order valence-electron chi connectivity index (χ4n) is 3.48. The number of nitrogens with zero attached hydrogens (tertiary/aromatic N) is 4. The van der Waals surface area contributed by atoms with Gasteiger partial charge in [-0.1, -0.05) is 17.8 Å². The van der Waals surface area contributed by atoms with E-state index in [-0.39, 0.29) is 23.5 Å². The lowest BCUT2D eigenvalue weighted by molar-refractivity contribution is 0.102. The molecule has 1 aliphatic heterocycles. The van der Waals surface area contributed by atoms with Crippen LogP contribution in [0, 0.1) is 6.92 Å². The van der Waals surface area contributed by atoms with Gasteiger partial charge in [0, 0.05) is 29.7 Å². The molecule has 4 rings (SSSR count). The van der Waals surface area contributed by atoms with E-state index in [0.29, 0.717) is 17.8 Å². The van der Waals surface area contributed by atoms with Crippen molar-refractivity contribution in [1.29, 1.82) is 0 Å². The summed E-state index contributed by atoms with van der Waals surface area (Å²) in [6, 6.07) is 8.77. The Labute approximate surface area is 173 Å². The summed E-state index contributed by atoms with van der Waals surface area (Å²) in [7, 11) is -3.05. The molecule has 1 saturated heterocycles. The normalized spacial score (nSPS) is 18.1. The summed E-state index contributed by atoms with van der Waals surface area (Å²) >= 11 is 1.52. The van der Waals surface area contributed by atoms with E-state index in [1.165, 1.54) is 11.8 Å². The first kappa shape index (κ1) is 19.7. The van der Waals surface area contributed by atoms with E-state index in [0.717, 1.165) is 16.5 Å². The number of aromatic nitrogens is 4. The van der Waals surface area contributed by atoms with Crippen LogP contribution in [0.2, 0.25) is 0 Å². The molecular weight excluding hydrogens is 410 g/mol. The average molecular weight is 432 g/mol. The zero-order valence-corrected chi connectivity index (χ0v) is 17.7. The van der Waals surface area contributed by atoms with Crippen LogP contribution in [-0.4, -0.2) is 51.4 Å². The highest BCUT2D eigenvalue weighted by Gasteiger charge is 2.31. The van der Waals surface area contributed by atoms with Crippen LogP contribution in [0.4, 0.5) is 5.82 Å². The molecule has 0 radical (unpaired) electrons. The van der Waals surface area contributed by atoms with Crippen LogP contribution in [0.3, 0.4) is 0 Å². The zero-order valence-electron chi connectivity index (χ0n) is 16.1. The Balaban J connectivity index is 1.59. The van der Waals surface area contributed by atoms with Crippen molar-refractivity contribution >= 4 is 33.3 Å². The van der Waals surface area contributed by atoms with Crippen molar-refractivity contribution in [3.63, 3.8) is 0 Å². The second-order valence-electron chi connectivity index (χ2n) is 6.96. The van der Waals surface area contributed by atoms with Gasteiger partial charge in [0.1, 0.15) is 5.82 Å². The average Bonchev–Trinajstić information content (AvgIpc) is 3.40. The molecular formula is C19H21N5O3S2. The van der Waals surface area contributed by atoms with Gasteiger partial charge in [-0.25, -0.2) is 18.1 Å². The van der Waals surface area contributed by atoms with Crippen molar-refractivity contribution in [2.75, 3.05) is 23.1 Å². The summed E-state index contributed by atoms with van der Waals surface area (Å²) in [6.07, 6.45) is 6.01. The number of amides is 1. The Morgan fingerprint density at radius 2 is 2.14 bits per heavy atom. The summed E-state index contributed by atoms with van der Waals surface area (Å²) in [6.45, 7) is 1.82. The first-order valence-electron chi connectivity index (χ1n) is 9.12. The summed E-state index contributed by atoms with van der Waals surface area (Å²) in [5.41, 5.74) is 2.06. The number of anilines is 1. The number of benzene rings is 1. The fourth-order valence-corrected chi connectivity index (χ4v) is 5.70. The van der Waals surface area contributed by atoms with E-state index < -0.39 is 9.84 Å². The lowest BCUT2D eigenvalue weighted by Crippen LogP contribution is -2.19. The number of hydrogen-bond acceptors (Lipinski definition) is 6. The Kier molecular flexibility index (Phi) is 5.22. The number of nitrogens with one attached hydrogen (secondary N) is 1. The third-order valence-electron chi connectivity index (χ3n) is 4.83. The summed E-state index contributed by atoms with van der Waals surface area (Å²) in [4.78, 5) is 17.2. The molecule has 3 aromatic rings.